The van der Waals surface area contributed by atoms with Gasteiger partial charge in [-0.05, 0) is 43.7 Å². The zero-order valence-corrected chi connectivity index (χ0v) is 13.1. The maximum atomic E-state index is 12.4. The molecule has 0 N–H and O–H groups in total. The summed E-state index contributed by atoms with van der Waals surface area (Å²) in [4.78, 5) is 18.9. The number of aryl methyl sites for hydroxylation is 1. The standard InChI is InChI=1S/C18H21N3O2/c22-18(15-4-2-1-3-5-15)21-11-10-13(12-21)6-9-16-19-17(23-20-16)14-7-8-14/h1-5,13-14H,6-12H2. The number of hydrogen-bond acceptors (Lipinski definition) is 4. The van der Waals surface area contributed by atoms with Crippen molar-refractivity contribution in [1.29, 1.82) is 0 Å². The number of aromatic nitrogens is 2. The highest BCUT2D eigenvalue weighted by molar-refractivity contribution is 5.94. The Hall–Kier alpha value is -2.17. The van der Waals surface area contributed by atoms with Crippen molar-refractivity contribution in [2.45, 2.75) is 38.0 Å². The summed E-state index contributed by atoms with van der Waals surface area (Å²) in [6, 6.07) is 9.52. The van der Waals surface area contributed by atoms with E-state index in [-0.39, 0.29) is 5.91 Å². The van der Waals surface area contributed by atoms with Gasteiger partial charge in [0.15, 0.2) is 5.82 Å². The van der Waals surface area contributed by atoms with Gasteiger partial charge in [-0.25, -0.2) is 0 Å². The molecular formula is C18H21N3O2. The van der Waals surface area contributed by atoms with Crippen LogP contribution in [-0.2, 0) is 6.42 Å². The van der Waals surface area contributed by atoms with Crippen molar-refractivity contribution in [1.82, 2.24) is 15.0 Å². The molecule has 120 valence electrons. The van der Waals surface area contributed by atoms with Crippen LogP contribution in [0.4, 0.5) is 0 Å². The Bertz CT molecular complexity index is 679. The molecule has 0 radical (unpaired) electrons. The van der Waals surface area contributed by atoms with Gasteiger partial charge in [0.25, 0.3) is 5.91 Å². The minimum atomic E-state index is 0.142. The van der Waals surface area contributed by atoms with Crippen LogP contribution in [0.15, 0.2) is 34.9 Å². The van der Waals surface area contributed by atoms with Crippen LogP contribution in [0, 0.1) is 5.92 Å². The van der Waals surface area contributed by atoms with Crippen LogP contribution in [-0.4, -0.2) is 34.0 Å². The van der Waals surface area contributed by atoms with Gasteiger partial charge in [0.1, 0.15) is 0 Å². The van der Waals surface area contributed by atoms with Gasteiger partial charge in [0.2, 0.25) is 5.89 Å². The summed E-state index contributed by atoms with van der Waals surface area (Å²) in [5.74, 6) is 2.82. The van der Waals surface area contributed by atoms with Crippen LogP contribution >= 0.6 is 0 Å². The van der Waals surface area contributed by atoms with Gasteiger partial charge in [-0.15, -0.1) is 0 Å². The van der Waals surface area contributed by atoms with Gasteiger partial charge >= 0.3 is 0 Å². The number of amides is 1. The fourth-order valence-corrected chi connectivity index (χ4v) is 3.21. The molecule has 2 aromatic rings. The average Bonchev–Trinajstić information content (AvgIpc) is 3.15. The third-order valence-corrected chi connectivity index (χ3v) is 4.78. The molecule has 1 aromatic heterocycles. The molecule has 0 bridgehead atoms. The Labute approximate surface area is 135 Å². The molecule has 1 aliphatic heterocycles. The van der Waals surface area contributed by atoms with Gasteiger partial charge in [0, 0.05) is 31.0 Å². The lowest BCUT2D eigenvalue weighted by Gasteiger charge is -2.16. The van der Waals surface area contributed by atoms with E-state index in [0.29, 0.717) is 11.8 Å². The number of rotatable bonds is 5. The monoisotopic (exact) mass is 311 g/mol. The summed E-state index contributed by atoms with van der Waals surface area (Å²) in [7, 11) is 0. The molecule has 1 atom stereocenters. The lowest BCUT2D eigenvalue weighted by Crippen LogP contribution is -2.28. The lowest BCUT2D eigenvalue weighted by molar-refractivity contribution is 0.0786. The molecule has 5 heteroatoms. The summed E-state index contributed by atoms with van der Waals surface area (Å²) in [6.07, 6.45) is 5.28. The smallest absolute Gasteiger partial charge is 0.253 e. The van der Waals surface area contributed by atoms with Gasteiger partial charge < -0.3 is 9.42 Å². The molecule has 1 amide bonds. The first-order valence-corrected chi connectivity index (χ1v) is 8.46. The highest BCUT2D eigenvalue weighted by Gasteiger charge is 2.30. The zero-order valence-electron chi connectivity index (χ0n) is 13.1. The molecule has 0 spiro atoms. The number of benzene rings is 1. The van der Waals surface area contributed by atoms with Crippen molar-refractivity contribution in [3.63, 3.8) is 0 Å². The number of nitrogens with zero attached hydrogens (tertiary/aromatic N) is 3. The van der Waals surface area contributed by atoms with Gasteiger partial charge in [-0.1, -0.05) is 23.4 Å². The highest BCUT2D eigenvalue weighted by Crippen LogP contribution is 2.38. The first kappa shape index (κ1) is 14.4. The molecule has 1 saturated heterocycles. The largest absolute Gasteiger partial charge is 0.339 e. The summed E-state index contributed by atoms with van der Waals surface area (Å²) in [5.41, 5.74) is 0.778. The summed E-state index contributed by atoms with van der Waals surface area (Å²) in [6.45, 7) is 1.68. The van der Waals surface area contributed by atoms with E-state index >= 15 is 0 Å². The van der Waals surface area contributed by atoms with Crippen LogP contribution in [0.1, 0.15) is 53.7 Å². The molecule has 1 aliphatic carbocycles. The van der Waals surface area contributed by atoms with Crippen LogP contribution in [0.2, 0.25) is 0 Å². The SMILES string of the molecule is O=C(c1ccccc1)N1CCC(CCc2noc(C3CC3)n2)C1. The summed E-state index contributed by atoms with van der Waals surface area (Å²) < 4.78 is 5.30. The lowest BCUT2D eigenvalue weighted by atomic mass is 10.0. The summed E-state index contributed by atoms with van der Waals surface area (Å²) >= 11 is 0. The number of carbonyl (C=O) groups excluding carboxylic acids is 1. The van der Waals surface area contributed by atoms with Gasteiger partial charge in [-0.2, -0.15) is 4.98 Å². The van der Waals surface area contributed by atoms with Crippen LogP contribution in [0.5, 0.6) is 0 Å². The molecule has 1 saturated carbocycles. The van der Waals surface area contributed by atoms with E-state index in [2.05, 4.69) is 10.1 Å². The second-order valence-corrected chi connectivity index (χ2v) is 6.63. The van der Waals surface area contributed by atoms with Crippen LogP contribution in [0.25, 0.3) is 0 Å². The maximum Gasteiger partial charge on any atom is 0.253 e. The first-order valence-electron chi connectivity index (χ1n) is 8.46. The Morgan fingerprint density at radius 2 is 2.04 bits per heavy atom. The van der Waals surface area contributed by atoms with Crippen molar-refractivity contribution in [3.8, 4) is 0 Å². The van der Waals surface area contributed by atoms with Gasteiger partial charge in [0.05, 0.1) is 0 Å². The van der Waals surface area contributed by atoms with Gasteiger partial charge in [-0.3, -0.25) is 4.79 Å². The molecule has 2 fully saturated rings. The average molecular weight is 311 g/mol. The van der Waals surface area contributed by atoms with Crippen molar-refractivity contribution in [3.05, 3.63) is 47.6 Å². The minimum Gasteiger partial charge on any atom is -0.339 e. The quantitative estimate of drug-likeness (QED) is 0.851. The molecule has 2 aliphatic rings. The van der Waals surface area contributed by atoms with Crippen LogP contribution in [0.3, 0.4) is 0 Å². The van der Waals surface area contributed by atoms with E-state index in [0.717, 1.165) is 49.6 Å². The molecule has 1 unspecified atom stereocenters. The molecule has 2 heterocycles. The number of likely N-dealkylation sites (tertiary alicyclic amines) is 1. The minimum absolute atomic E-state index is 0.142. The Kier molecular flexibility index (Phi) is 3.85. The van der Waals surface area contributed by atoms with Crippen molar-refractivity contribution >= 4 is 5.91 Å². The maximum absolute atomic E-state index is 12.4. The topological polar surface area (TPSA) is 59.2 Å². The third-order valence-electron chi connectivity index (χ3n) is 4.78. The summed E-state index contributed by atoms with van der Waals surface area (Å²) in [5, 5.41) is 4.07. The van der Waals surface area contributed by atoms with Crippen molar-refractivity contribution in [2.24, 2.45) is 5.92 Å². The molecule has 4 rings (SSSR count). The van der Waals surface area contributed by atoms with E-state index < -0.39 is 0 Å². The highest BCUT2D eigenvalue weighted by atomic mass is 16.5. The molecule has 5 nitrogen and oxygen atoms in total. The number of hydrogen-bond donors (Lipinski definition) is 0. The van der Waals surface area contributed by atoms with Crippen molar-refractivity contribution in [2.75, 3.05) is 13.1 Å². The Morgan fingerprint density at radius 3 is 2.83 bits per heavy atom. The van der Waals surface area contributed by atoms with E-state index in [1.807, 2.05) is 35.2 Å². The second-order valence-electron chi connectivity index (χ2n) is 6.63. The van der Waals surface area contributed by atoms with E-state index in [4.69, 9.17) is 4.52 Å². The Balaban J connectivity index is 1.29. The van der Waals surface area contributed by atoms with E-state index in [9.17, 15) is 4.79 Å². The second kappa shape index (κ2) is 6.14. The van der Waals surface area contributed by atoms with Crippen molar-refractivity contribution < 1.29 is 9.32 Å². The normalized spacial score (nSPS) is 20.9. The molecule has 1 aromatic carbocycles. The molecule has 23 heavy (non-hydrogen) atoms. The predicted molar refractivity (Wildman–Crippen MR) is 85.0 cm³/mol. The first-order chi connectivity index (χ1) is 11.3. The molecular weight excluding hydrogens is 290 g/mol. The number of carbonyl (C=O) groups is 1. The van der Waals surface area contributed by atoms with E-state index in [1.165, 1.54) is 12.8 Å². The fourth-order valence-electron chi connectivity index (χ4n) is 3.21. The zero-order chi connectivity index (χ0) is 15.6. The fraction of sp³-hybridized carbons (Fsp3) is 0.500. The predicted octanol–water partition coefficient (Wildman–Crippen LogP) is 3.04. The van der Waals surface area contributed by atoms with E-state index in [1.54, 1.807) is 0 Å². The van der Waals surface area contributed by atoms with Crippen LogP contribution < -0.4 is 0 Å². The third kappa shape index (κ3) is 3.28. The Morgan fingerprint density at radius 1 is 1.22 bits per heavy atom.